The number of guanidine groups is 1. The van der Waals surface area contributed by atoms with Crippen LogP contribution >= 0.6 is 11.8 Å². The average molecular weight is 398 g/mol. The summed E-state index contributed by atoms with van der Waals surface area (Å²) in [6.07, 6.45) is -2.99. The van der Waals surface area contributed by atoms with Crippen molar-refractivity contribution in [1.29, 1.82) is 0 Å². The number of thioether (sulfide) groups is 1. The van der Waals surface area contributed by atoms with Crippen molar-refractivity contribution in [3.05, 3.63) is 48.2 Å². The van der Waals surface area contributed by atoms with Gasteiger partial charge in [0.25, 0.3) is 0 Å². The van der Waals surface area contributed by atoms with Crippen molar-refractivity contribution in [2.75, 3.05) is 5.32 Å². The number of anilines is 1. The van der Waals surface area contributed by atoms with Gasteiger partial charge < -0.3 is 15.8 Å². The molecule has 0 spiro atoms. The number of halogens is 3. The van der Waals surface area contributed by atoms with E-state index < -0.39 is 6.36 Å². The van der Waals surface area contributed by atoms with Gasteiger partial charge in [0.1, 0.15) is 5.75 Å². The van der Waals surface area contributed by atoms with Crippen LogP contribution in [0.15, 0.2) is 52.6 Å². The molecule has 146 valence electrons. The van der Waals surface area contributed by atoms with Gasteiger partial charge >= 0.3 is 6.36 Å². The lowest BCUT2D eigenvalue weighted by atomic mass is 10.3. The highest BCUT2D eigenvalue weighted by Crippen LogP contribution is 2.30. The van der Waals surface area contributed by atoms with Crippen LogP contribution in [0.1, 0.15) is 26.3 Å². The lowest BCUT2D eigenvalue weighted by Gasteiger charge is -2.16. The first-order valence-corrected chi connectivity index (χ1v) is 8.88. The SMILES string of the molecule is CC(C)(C)Sc1cc(CN=C(N)Nc2ccc(OC(F)(F)F)cc2)ccn1. The fourth-order valence-electron chi connectivity index (χ4n) is 2.02. The number of benzene rings is 1. The van der Waals surface area contributed by atoms with Crippen LogP contribution in [0.3, 0.4) is 0 Å². The summed E-state index contributed by atoms with van der Waals surface area (Å²) in [5, 5.41) is 3.73. The molecule has 27 heavy (non-hydrogen) atoms. The average Bonchev–Trinajstić information content (AvgIpc) is 2.52. The number of hydrogen-bond acceptors (Lipinski definition) is 4. The maximum Gasteiger partial charge on any atom is 0.573 e. The van der Waals surface area contributed by atoms with Gasteiger partial charge in [0.05, 0.1) is 11.6 Å². The molecule has 0 saturated carbocycles. The lowest BCUT2D eigenvalue weighted by Crippen LogP contribution is -2.22. The molecule has 1 aromatic heterocycles. The van der Waals surface area contributed by atoms with Crippen LogP contribution in [0.4, 0.5) is 18.9 Å². The van der Waals surface area contributed by atoms with Crippen LogP contribution in [-0.2, 0) is 6.54 Å². The fourth-order valence-corrected chi connectivity index (χ4v) is 2.97. The van der Waals surface area contributed by atoms with Crippen molar-refractivity contribution < 1.29 is 17.9 Å². The number of nitrogens with one attached hydrogen (secondary N) is 1. The molecule has 1 heterocycles. The molecule has 0 atom stereocenters. The van der Waals surface area contributed by atoms with Gasteiger partial charge in [-0.2, -0.15) is 0 Å². The van der Waals surface area contributed by atoms with E-state index in [1.807, 2.05) is 12.1 Å². The van der Waals surface area contributed by atoms with Crippen molar-refractivity contribution in [1.82, 2.24) is 4.98 Å². The number of nitrogens with zero attached hydrogens (tertiary/aromatic N) is 2. The van der Waals surface area contributed by atoms with E-state index in [2.05, 4.69) is 40.8 Å². The van der Waals surface area contributed by atoms with Crippen molar-refractivity contribution in [2.24, 2.45) is 10.7 Å². The van der Waals surface area contributed by atoms with E-state index in [0.717, 1.165) is 10.6 Å². The lowest BCUT2D eigenvalue weighted by molar-refractivity contribution is -0.274. The highest BCUT2D eigenvalue weighted by atomic mass is 32.2. The van der Waals surface area contributed by atoms with Crippen LogP contribution in [0.2, 0.25) is 0 Å². The zero-order valence-corrected chi connectivity index (χ0v) is 16.0. The third-order valence-electron chi connectivity index (χ3n) is 3.00. The molecule has 0 aliphatic carbocycles. The Morgan fingerprint density at radius 2 is 1.85 bits per heavy atom. The molecule has 1 aromatic carbocycles. The Morgan fingerprint density at radius 3 is 2.44 bits per heavy atom. The molecule has 3 N–H and O–H groups in total. The highest BCUT2D eigenvalue weighted by Gasteiger charge is 2.30. The smallest absolute Gasteiger partial charge is 0.406 e. The van der Waals surface area contributed by atoms with Crippen LogP contribution < -0.4 is 15.8 Å². The molecule has 5 nitrogen and oxygen atoms in total. The number of pyridine rings is 1. The number of ether oxygens (including phenoxy) is 1. The minimum Gasteiger partial charge on any atom is -0.406 e. The minimum absolute atomic E-state index is 0.0530. The van der Waals surface area contributed by atoms with E-state index >= 15 is 0 Å². The maximum atomic E-state index is 12.1. The van der Waals surface area contributed by atoms with E-state index in [9.17, 15) is 13.2 Å². The number of rotatable bonds is 5. The van der Waals surface area contributed by atoms with E-state index in [1.54, 1.807) is 18.0 Å². The molecular formula is C18H21F3N4OS. The Kier molecular flexibility index (Phi) is 6.59. The molecule has 0 saturated heterocycles. The van der Waals surface area contributed by atoms with Gasteiger partial charge in [-0.25, -0.2) is 9.98 Å². The molecule has 2 aromatic rings. The minimum atomic E-state index is -4.72. The van der Waals surface area contributed by atoms with E-state index in [1.165, 1.54) is 24.3 Å². The predicted octanol–water partition coefficient (Wildman–Crippen LogP) is 4.80. The summed E-state index contributed by atoms with van der Waals surface area (Å²) < 4.78 is 40.3. The molecule has 9 heteroatoms. The number of alkyl halides is 3. The van der Waals surface area contributed by atoms with Crippen LogP contribution in [-0.4, -0.2) is 22.1 Å². The Balaban J connectivity index is 1.95. The van der Waals surface area contributed by atoms with Gasteiger partial charge in [-0.1, -0.05) is 20.8 Å². The Bertz CT molecular complexity index is 786. The Morgan fingerprint density at radius 1 is 1.19 bits per heavy atom. The molecule has 0 unspecified atom stereocenters. The monoisotopic (exact) mass is 398 g/mol. The Labute approximate surface area is 160 Å². The summed E-state index contributed by atoms with van der Waals surface area (Å²) in [5.41, 5.74) is 7.30. The normalized spacial score (nSPS) is 12.7. The molecular weight excluding hydrogens is 377 g/mol. The highest BCUT2D eigenvalue weighted by molar-refractivity contribution is 8.00. The van der Waals surface area contributed by atoms with Crippen molar-refractivity contribution in [2.45, 2.75) is 43.5 Å². The molecule has 2 rings (SSSR count). The van der Waals surface area contributed by atoms with Crippen LogP contribution in [0, 0.1) is 0 Å². The van der Waals surface area contributed by atoms with Gasteiger partial charge in [0, 0.05) is 16.6 Å². The van der Waals surface area contributed by atoms with Gasteiger partial charge in [-0.3, -0.25) is 0 Å². The second kappa shape index (κ2) is 8.51. The van der Waals surface area contributed by atoms with E-state index in [0.29, 0.717) is 12.2 Å². The van der Waals surface area contributed by atoms with Crippen molar-refractivity contribution in [3.63, 3.8) is 0 Å². The first-order valence-electron chi connectivity index (χ1n) is 8.07. The number of aromatic nitrogens is 1. The predicted molar refractivity (Wildman–Crippen MR) is 102 cm³/mol. The quantitative estimate of drug-likeness (QED) is 0.430. The molecule has 0 radical (unpaired) electrons. The zero-order valence-electron chi connectivity index (χ0n) is 15.2. The molecule has 0 bridgehead atoms. The van der Waals surface area contributed by atoms with E-state index in [4.69, 9.17) is 5.73 Å². The maximum absolute atomic E-state index is 12.1. The zero-order chi connectivity index (χ0) is 20.1. The summed E-state index contributed by atoms with van der Waals surface area (Å²) in [6.45, 7) is 6.68. The van der Waals surface area contributed by atoms with Crippen molar-refractivity contribution in [3.8, 4) is 5.75 Å². The number of nitrogens with two attached hydrogens (primary N) is 1. The summed E-state index contributed by atoms with van der Waals surface area (Å²) in [7, 11) is 0. The van der Waals surface area contributed by atoms with Gasteiger partial charge in [0.2, 0.25) is 0 Å². The third-order valence-corrected chi connectivity index (χ3v) is 4.05. The Hall–Kier alpha value is -2.42. The molecule has 0 aliphatic rings. The van der Waals surface area contributed by atoms with Crippen LogP contribution in [0.5, 0.6) is 5.75 Å². The molecule has 0 fully saturated rings. The van der Waals surface area contributed by atoms with E-state index in [-0.39, 0.29) is 16.5 Å². The summed E-state index contributed by atoms with van der Waals surface area (Å²) in [5.74, 6) is -0.148. The largest absolute Gasteiger partial charge is 0.573 e. The molecule has 0 amide bonds. The first kappa shape index (κ1) is 20.9. The first-order chi connectivity index (χ1) is 12.5. The van der Waals surface area contributed by atoms with Crippen molar-refractivity contribution >= 4 is 23.4 Å². The number of hydrogen-bond donors (Lipinski definition) is 2. The topological polar surface area (TPSA) is 72.5 Å². The third kappa shape index (κ3) is 8.21. The van der Waals surface area contributed by atoms with Crippen LogP contribution in [0.25, 0.3) is 0 Å². The second-order valence-electron chi connectivity index (χ2n) is 6.62. The van der Waals surface area contributed by atoms with Gasteiger partial charge in [-0.05, 0) is 42.0 Å². The number of aliphatic imine (C=N–C) groups is 1. The molecule has 0 aliphatic heterocycles. The summed E-state index contributed by atoms with van der Waals surface area (Å²) in [4.78, 5) is 8.57. The standard InChI is InChI=1S/C18H21F3N4OS/c1-17(2,3)27-15-10-12(8-9-23-15)11-24-16(22)25-13-4-6-14(7-5-13)26-18(19,20)21/h4-10H,11H2,1-3H3,(H3,22,24,25). The fraction of sp³-hybridized carbons (Fsp3) is 0.333. The second-order valence-corrected chi connectivity index (χ2v) is 8.46. The summed E-state index contributed by atoms with van der Waals surface area (Å²) >= 11 is 1.66. The van der Waals surface area contributed by atoms with Gasteiger partial charge in [-0.15, -0.1) is 24.9 Å². The summed E-state index contributed by atoms with van der Waals surface area (Å²) in [6, 6.07) is 9.05. The van der Waals surface area contributed by atoms with Gasteiger partial charge in [0.15, 0.2) is 5.96 Å².